The van der Waals surface area contributed by atoms with Gasteiger partial charge in [-0.05, 0) is 20.8 Å². The van der Waals surface area contributed by atoms with Crippen LogP contribution in [0.3, 0.4) is 0 Å². The van der Waals surface area contributed by atoms with Crippen molar-refractivity contribution in [1.29, 1.82) is 0 Å². The highest BCUT2D eigenvalue weighted by molar-refractivity contribution is 7.89. The first-order chi connectivity index (χ1) is 13.6. The SMILES string of the molecule is CCn1cc(S(=O)(=O)N2CCN(C(=O)Cn3ncc([N+](=O)[O-])c3C)CC2)c(C)n1. The van der Waals surface area contributed by atoms with E-state index in [4.69, 9.17) is 0 Å². The summed E-state index contributed by atoms with van der Waals surface area (Å²) >= 11 is 0. The van der Waals surface area contributed by atoms with E-state index in [-0.39, 0.29) is 49.2 Å². The number of carbonyl (C=O) groups is 1. The van der Waals surface area contributed by atoms with Crippen LogP contribution < -0.4 is 0 Å². The van der Waals surface area contributed by atoms with E-state index in [9.17, 15) is 23.3 Å². The Hall–Kier alpha value is -2.80. The van der Waals surface area contributed by atoms with E-state index in [0.29, 0.717) is 17.9 Å². The molecule has 1 aliphatic rings. The van der Waals surface area contributed by atoms with Gasteiger partial charge in [-0.1, -0.05) is 0 Å². The van der Waals surface area contributed by atoms with Gasteiger partial charge in [-0.2, -0.15) is 14.5 Å². The van der Waals surface area contributed by atoms with Gasteiger partial charge in [0, 0.05) is 38.9 Å². The van der Waals surface area contributed by atoms with Gasteiger partial charge in [0.2, 0.25) is 15.9 Å². The number of amides is 1. The van der Waals surface area contributed by atoms with Gasteiger partial charge in [0.05, 0.1) is 10.6 Å². The molecule has 0 aliphatic carbocycles. The number of aryl methyl sites for hydroxylation is 2. The molecule has 3 heterocycles. The summed E-state index contributed by atoms with van der Waals surface area (Å²) < 4.78 is 30.0. The molecule has 2 aromatic rings. The van der Waals surface area contributed by atoms with Crippen molar-refractivity contribution in [2.45, 2.75) is 38.8 Å². The van der Waals surface area contributed by atoms with Crippen LogP contribution in [-0.4, -0.2) is 74.2 Å². The van der Waals surface area contributed by atoms with Crippen LogP contribution in [0, 0.1) is 24.0 Å². The third-order valence-corrected chi connectivity index (χ3v) is 7.00. The van der Waals surface area contributed by atoms with Crippen molar-refractivity contribution in [3.8, 4) is 0 Å². The minimum absolute atomic E-state index is 0.130. The molecule has 3 rings (SSSR count). The maximum absolute atomic E-state index is 12.9. The molecular weight excluding hydrogens is 402 g/mol. The Balaban J connectivity index is 1.64. The van der Waals surface area contributed by atoms with E-state index in [1.54, 1.807) is 16.5 Å². The number of rotatable bonds is 6. The van der Waals surface area contributed by atoms with Crippen LogP contribution in [0.2, 0.25) is 0 Å². The van der Waals surface area contributed by atoms with E-state index >= 15 is 0 Å². The lowest BCUT2D eigenvalue weighted by molar-refractivity contribution is -0.385. The molecule has 13 heteroatoms. The Bertz CT molecular complexity index is 1030. The Morgan fingerprint density at radius 3 is 2.41 bits per heavy atom. The number of aromatic nitrogens is 4. The topological polar surface area (TPSA) is 136 Å². The molecule has 158 valence electrons. The summed E-state index contributed by atoms with van der Waals surface area (Å²) in [5, 5.41) is 19.0. The molecule has 0 atom stereocenters. The van der Waals surface area contributed by atoms with Gasteiger partial charge < -0.3 is 4.90 Å². The summed E-state index contributed by atoms with van der Waals surface area (Å²) in [6, 6.07) is 0. The minimum atomic E-state index is -3.68. The van der Waals surface area contributed by atoms with Crippen LogP contribution in [0.4, 0.5) is 5.69 Å². The molecule has 1 aliphatic heterocycles. The molecule has 0 bridgehead atoms. The standard InChI is InChI=1S/C16H23N7O5S/c1-4-20-10-15(12(2)18-20)29(27,28)21-7-5-19(6-8-21)16(24)11-22-13(3)14(9-17-22)23(25)26/h9-10H,4-8,11H2,1-3H3. The Kier molecular flexibility index (Phi) is 5.71. The van der Waals surface area contributed by atoms with Gasteiger partial charge in [-0.25, -0.2) is 8.42 Å². The molecule has 12 nitrogen and oxygen atoms in total. The fourth-order valence-electron chi connectivity index (χ4n) is 3.24. The summed E-state index contributed by atoms with van der Waals surface area (Å²) in [7, 11) is -3.68. The Labute approximate surface area is 167 Å². The lowest BCUT2D eigenvalue weighted by Crippen LogP contribution is -2.51. The number of nitro groups is 1. The summed E-state index contributed by atoms with van der Waals surface area (Å²) in [4.78, 5) is 24.6. The number of carbonyl (C=O) groups excluding carboxylic acids is 1. The highest BCUT2D eigenvalue weighted by atomic mass is 32.2. The zero-order valence-electron chi connectivity index (χ0n) is 16.5. The summed E-state index contributed by atoms with van der Waals surface area (Å²) in [5.74, 6) is -0.266. The predicted molar refractivity (Wildman–Crippen MR) is 102 cm³/mol. The predicted octanol–water partition coefficient (Wildman–Crippen LogP) is 0.158. The summed E-state index contributed by atoms with van der Waals surface area (Å²) in [6.07, 6.45) is 2.64. The van der Waals surface area contributed by atoms with Crippen LogP contribution in [0.1, 0.15) is 18.3 Å². The maximum Gasteiger partial charge on any atom is 0.309 e. The van der Waals surface area contributed by atoms with Gasteiger partial charge in [0.1, 0.15) is 23.3 Å². The van der Waals surface area contributed by atoms with Crippen molar-refractivity contribution in [1.82, 2.24) is 28.8 Å². The molecule has 2 aromatic heterocycles. The third-order valence-electron chi connectivity index (χ3n) is 4.99. The Morgan fingerprint density at radius 1 is 1.24 bits per heavy atom. The summed E-state index contributed by atoms with van der Waals surface area (Å²) in [6.45, 7) is 6.32. The van der Waals surface area contributed by atoms with Crippen molar-refractivity contribution in [2.75, 3.05) is 26.2 Å². The second kappa shape index (κ2) is 7.91. The largest absolute Gasteiger partial charge is 0.338 e. The van der Waals surface area contributed by atoms with Gasteiger partial charge in [0.15, 0.2) is 0 Å². The molecule has 1 saturated heterocycles. The zero-order valence-corrected chi connectivity index (χ0v) is 17.3. The van der Waals surface area contributed by atoms with Crippen molar-refractivity contribution in [3.63, 3.8) is 0 Å². The van der Waals surface area contributed by atoms with Crippen LogP contribution in [0.15, 0.2) is 17.3 Å². The van der Waals surface area contributed by atoms with E-state index in [1.807, 2.05) is 6.92 Å². The minimum Gasteiger partial charge on any atom is -0.338 e. The molecule has 0 spiro atoms. The number of piperazine rings is 1. The lowest BCUT2D eigenvalue weighted by Gasteiger charge is -2.33. The summed E-state index contributed by atoms with van der Waals surface area (Å²) in [5.41, 5.74) is 0.603. The fraction of sp³-hybridized carbons (Fsp3) is 0.562. The van der Waals surface area contributed by atoms with Crippen LogP contribution in [-0.2, 0) is 27.9 Å². The zero-order chi connectivity index (χ0) is 21.3. The highest BCUT2D eigenvalue weighted by Gasteiger charge is 2.32. The van der Waals surface area contributed by atoms with Gasteiger partial charge in [-0.15, -0.1) is 0 Å². The van der Waals surface area contributed by atoms with Crippen LogP contribution in [0.5, 0.6) is 0 Å². The van der Waals surface area contributed by atoms with Crippen molar-refractivity contribution < 1.29 is 18.1 Å². The molecule has 1 fully saturated rings. The second-order valence-electron chi connectivity index (χ2n) is 6.75. The lowest BCUT2D eigenvalue weighted by atomic mass is 10.3. The first-order valence-corrected chi connectivity index (χ1v) is 10.6. The second-order valence-corrected chi connectivity index (χ2v) is 8.66. The average molecular weight is 425 g/mol. The van der Waals surface area contributed by atoms with Gasteiger partial charge in [-0.3, -0.25) is 24.3 Å². The number of hydrogen-bond acceptors (Lipinski definition) is 7. The molecule has 1 amide bonds. The van der Waals surface area contributed by atoms with Gasteiger partial charge >= 0.3 is 5.69 Å². The smallest absolute Gasteiger partial charge is 0.309 e. The van der Waals surface area contributed by atoms with E-state index in [0.717, 1.165) is 6.20 Å². The van der Waals surface area contributed by atoms with Crippen LogP contribution in [0.25, 0.3) is 0 Å². The average Bonchev–Trinajstić information content (AvgIpc) is 3.25. The molecule has 0 unspecified atom stereocenters. The van der Waals surface area contributed by atoms with Gasteiger partial charge in [0.25, 0.3) is 0 Å². The number of sulfonamides is 1. The molecule has 29 heavy (non-hydrogen) atoms. The molecule has 0 aromatic carbocycles. The fourth-order valence-corrected chi connectivity index (χ4v) is 4.83. The molecule has 0 N–H and O–H groups in total. The monoisotopic (exact) mass is 425 g/mol. The molecule has 0 saturated carbocycles. The van der Waals surface area contributed by atoms with Crippen LogP contribution >= 0.6 is 0 Å². The first kappa shape index (κ1) is 20.9. The molecular formula is C16H23N7O5S. The Morgan fingerprint density at radius 2 is 1.90 bits per heavy atom. The number of nitrogens with zero attached hydrogens (tertiary/aromatic N) is 7. The van der Waals surface area contributed by atoms with Crippen molar-refractivity contribution in [2.24, 2.45) is 0 Å². The normalized spacial score (nSPS) is 15.6. The van der Waals surface area contributed by atoms with Crippen molar-refractivity contribution in [3.05, 3.63) is 33.9 Å². The highest BCUT2D eigenvalue weighted by Crippen LogP contribution is 2.21. The molecule has 0 radical (unpaired) electrons. The quantitative estimate of drug-likeness (QED) is 0.475. The van der Waals surface area contributed by atoms with E-state index in [1.165, 1.54) is 22.1 Å². The van der Waals surface area contributed by atoms with Crippen molar-refractivity contribution >= 4 is 21.6 Å². The first-order valence-electron chi connectivity index (χ1n) is 9.14. The maximum atomic E-state index is 12.9. The van der Waals surface area contributed by atoms with E-state index in [2.05, 4.69) is 10.2 Å². The third kappa shape index (κ3) is 4.00. The van der Waals surface area contributed by atoms with E-state index < -0.39 is 14.9 Å². The number of hydrogen-bond donors (Lipinski definition) is 0.